The molecule has 1 aromatic rings. The average molecular weight is 328 g/mol. The summed E-state index contributed by atoms with van der Waals surface area (Å²) in [5, 5.41) is 2.87. The van der Waals surface area contributed by atoms with E-state index in [1.807, 2.05) is 32.9 Å². The van der Waals surface area contributed by atoms with Gasteiger partial charge in [-0.3, -0.25) is 4.79 Å². The van der Waals surface area contributed by atoms with Gasteiger partial charge in [0.2, 0.25) is 0 Å². The molecule has 128 valence electrons. The van der Waals surface area contributed by atoms with Gasteiger partial charge in [-0.05, 0) is 45.7 Å². The number of ether oxygens (including phenoxy) is 1. The quantitative estimate of drug-likeness (QED) is 0.849. The average Bonchev–Trinajstić information content (AvgIpc) is 2.53. The third kappa shape index (κ3) is 4.76. The van der Waals surface area contributed by atoms with Gasteiger partial charge in [-0.1, -0.05) is 18.1 Å². The third-order valence-electron chi connectivity index (χ3n) is 3.82. The number of nitrogens with zero attached hydrogens (tertiary/aromatic N) is 1. The minimum Gasteiger partial charge on any atom is -0.444 e. The van der Waals surface area contributed by atoms with Crippen LogP contribution < -0.4 is 5.32 Å². The van der Waals surface area contributed by atoms with Crippen molar-refractivity contribution in [2.45, 2.75) is 45.3 Å². The molecule has 0 radical (unpaired) electrons. The normalized spacial score (nSPS) is 15.5. The molecule has 1 aliphatic rings. The van der Waals surface area contributed by atoms with Gasteiger partial charge in [-0.2, -0.15) is 0 Å². The molecule has 5 heteroatoms. The van der Waals surface area contributed by atoms with Crippen molar-refractivity contribution in [3.05, 3.63) is 35.4 Å². The van der Waals surface area contributed by atoms with Crippen LogP contribution in [0.2, 0.25) is 0 Å². The number of carbonyl (C=O) groups excluding carboxylic acids is 2. The highest BCUT2D eigenvalue weighted by atomic mass is 16.6. The van der Waals surface area contributed by atoms with Crippen LogP contribution in [0.4, 0.5) is 4.79 Å². The van der Waals surface area contributed by atoms with Crippen molar-refractivity contribution >= 4 is 12.0 Å². The molecule has 1 N–H and O–H groups in total. The fraction of sp³-hybridized carbons (Fsp3) is 0.474. The van der Waals surface area contributed by atoms with Gasteiger partial charge in [0.1, 0.15) is 5.60 Å². The molecule has 24 heavy (non-hydrogen) atoms. The van der Waals surface area contributed by atoms with Crippen LogP contribution in [0.1, 0.15) is 49.5 Å². The fourth-order valence-corrected chi connectivity index (χ4v) is 2.67. The number of amides is 2. The van der Waals surface area contributed by atoms with E-state index in [0.29, 0.717) is 37.1 Å². The Morgan fingerprint density at radius 2 is 1.88 bits per heavy atom. The maximum atomic E-state index is 12.6. The summed E-state index contributed by atoms with van der Waals surface area (Å²) in [5.74, 6) is 2.49. The summed E-state index contributed by atoms with van der Waals surface area (Å²) in [6.07, 6.45) is 6.45. The highest BCUT2D eigenvalue weighted by molar-refractivity contribution is 5.96. The van der Waals surface area contributed by atoms with Crippen molar-refractivity contribution in [1.82, 2.24) is 10.2 Å². The van der Waals surface area contributed by atoms with E-state index in [1.165, 1.54) is 0 Å². The summed E-state index contributed by atoms with van der Waals surface area (Å²) < 4.78 is 5.26. The molecule has 0 atom stereocenters. The maximum absolute atomic E-state index is 12.6. The molecule has 1 saturated heterocycles. The monoisotopic (exact) mass is 328 g/mol. The molecule has 1 heterocycles. The van der Waals surface area contributed by atoms with Crippen molar-refractivity contribution in [2.75, 3.05) is 13.1 Å². The van der Waals surface area contributed by atoms with E-state index in [9.17, 15) is 9.59 Å². The molecular formula is C19H24N2O3. The minimum absolute atomic E-state index is 0.0202. The lowest BCUT2D eigenvalue weighted by Gasteiger charge is -2.33. The molecule has 2 rings (SSSR count). The highest BCUT2D eigenvalue weighted by Gasteiger charge is 2.26. The second-order valence-corrected chi connectivity index (χ2v) is 6.90. The van der Waals surface area contributed by atoms with Crippen LogP contribution in [0.15, 0.2) is 24.3 Å². The van der Waals surface area contributed by atoms with Crippen LogP contribution in [-0.4, -0.2) is 41.6 Å². The predicted octanol–water partition coefficient (Wildman–Crippen LogP) is 2.80. The Hall–Kier alpha value is -2.48. The van der Waals surface area contributed by atoms with E-state index in [-0.39, 0.29) is 11.9 Å². The fourth-order valence-electron chi connectivity index (χ4n) is 2.67. The van der Waals surface area contributed by atoms with Crippen LogP contribution >= 0.6 is 0 Å². The number of nitrogens with one attached hydrogen (secondary N) is 1. The molecule has 5 nitrogen and oxygen atoms in total. The maximum Gasteiger partial charge on any atom is 0.407 e. The van der Waals surface area contributed by atoms with E-state index in [2.05, 4.69) is 11.2 Å². The highest BCUT2D eigenvalue weighted by Crippen LogP contribution is 2.17. The topological polar surface area (TPSA) is 58.6 Å². The lowest BCUT2D eigenvalue weighted by molar-refractivity contribution is 0.0473. The van der Waals surface area contributed by atoms with Crippen molar-refractivity contribution in [3.8, 4) is 12.3 Å². The van der Waals surface area contributed by atoms with Crippen LogP contribution in [-0.2, 0) is 4.74 Å². The van der Waals surface area contributed by atoms with E-state index < -0.39 is 11.7 Å². The molecule has 1 aliphatic heterocycles. The summed E-state index contributed by atoms with van der Waals surface area (Å²) in [4.78, 5) is 26.2. The molecular weight excluding hydrogens is 304 g/mol. The van der Waals surface area contributed by atoms with Gasteiger partial charge >= 0.3 is 6.09 Å². The Kier molecular flexibility index (Phi) is 5.50. The van der Waals surface area contributed by atoms with Gasteiger partial charge in [-0.15, -0.1) is 6.42 Å². The molecule has 0 spiro atoms. The number of benzene rings is 1. The van der Waals surface area contributed by atoms with Crippen LogP contribution in [0.25, 0.3) is 0 Å². The largest absolute Gasteiger partial charge is 0.444 e. The second kappa shape index (κ2) is 7.39. The van der Waals surface area contributed by atoms with Crippen LogP contribution in [0, 0.1) is 12.3 Å². The Morgan fingerprint density at radius 1 is 1.25 bits per heavy atom. The Bertz CT molecular complexity index is 647. The number of hydrogen-bond acceptors (Lipinski definition) is 3. The summed E-state index contributed by atoms with van der Waals surface area (Å²) in [7, 11) is 0. The zero-order chi connectivity index (χ0) is 17.7. The Balaban J connectivity index is 1.90. The first-order valence-electron chi connectivity index (χ1n) is 8.14. The van der Waals surface area contributed by atoms with E-state index in [4.69, 9.17) is 11.2 Å². The van der Waals surface area contributed by atoms with E-state index in [0.717, 1.165) is 0 Å². The summed E-state index contributed by atoms with van der Waals surface area (Å²) in [6, 6.07) is 7.17. The van der Waals surface area contributed by atoms with Gasteiger partial charge in [0.15, 0.2) is 0 Å². The Morgan fingerprint density at radius 3 is 2.46 bits per heavy atom. The molecule has 0 aromatic heterocycles. The standard InChI is InChI=1S/C19H24N2O3/c1-5-14-8-6-7-9-16(14)17(22)21-12-10-15(11-13-21)20-18(23)24-19(2,3)4/h1,6-9,15H,10-13H2,2-4H3,(H,20,23). The summed E-state index contributed by atoms with van der Waals surface area (Å²) >= 11 is 0. The van der Waals surface area contributed by atoms with Crippen molar-refractivity contribution < 1.29 is 14.3 Å². The zero-order valence-corrected chi connectivity index (χ0v) is 14.5. The van der Waals surface area contributed by atoms with Gasteiger partial charge < -0.3 is 15.0 Å². The number of rotatable bonds is 2. The number of terminal acetylenes is 1. The first-order chi connectivity index (χ1) is 11.3. The van der Waals surface area contributed by atoms with Gasteiger partial charge in [-0.25, -0.2) is 4.79 Å². The SMILES string of the molecule is C#Cc1ccccc1C(=O)N1CCC(NC(=O)OC(C)(C)C)CC1. The predicted molar refractivity (Wildman–Crippen MR) is 92.7 cm³/mol. The van der Waals surface area contributed by atoms with Crippen molar-refractivity contribution in [2.24, 2.45) is 0 Å². The number of carbonyl (C=O) groups is 2. The van der Waals surface area contributed by atoms with Crippen molar-refractivity contribution in [3.63, 3.8) is 0 Å². The van der Waals surface area contributed by atoms with E-state index >= 15 is 0 Å². The Labute approximate surface area is 143 Å². The molecule has 1 fully saturated rings. The third-order valence-corrected chi connectivity index (χ3v) is 3.82. The molecule has 0 saturated carbocycles. The number of piperidine rings is 1. The van der Waals surface area contributed by atoms with Crippen LogP contribution in [0.3, 0.4) is 0 Å². The molecule has 0 bridgehead atoms. The summed E-state index contributed by atoms with van der Waals surface area (Å²) in [6.45, 7) is 6.65. The number of likely N-dealkylation sites (tertiary alicyclic amines) is 1. The van der Waals surface area contributed by atoms with Crippen molar-refractivity contribution in [1.29, 1.82) is 0 Å². The minimum atomic E-state index is -0.514. The van der Waals surface area contributed by atoms with E-state index in [1.54, 1.807) is 17.0 Å². The van der Waals surface area contributed by atoms with Gasteiger partial charge in [0, 0.05) is 24.7 Å². The molecule has 2 amide bonds. The zero-order valence-electron chi connectivity index (χ0n) is 14.5. The molecule has 1 aromatic carbocycles. The number of hydrogen-bond donors (Lipinski definition) is 1. The number of alkyl carbamates (subject to hydrolysis) is 1. The second-order valence-electron chi connectivity index (χ2n) is 6.90. The molecule has 0 unspecified atom stereocenters. The smallest absolute Gasteiger partial charge is 0.407 e. The molecule has 0 aliphatic carbocycles. The first kappa shape index (κ1) is 17.9. The first-order valence-corrected chi connectivity index (χ1v) is 8.14. The summed E-state index contributed by atoms with van der Waals surface area (Å²) in [5.41, 5.74) is 0.648. The van der Waals surface area contributed by atoms with Gasteiger partial charge in [0.05, 0.1) is 5.56 Å². The van der Waals surface area contributed by atoms with Crippen LogP contribution in [0.5, 0.6) is 0 Å². The lowest BCUT2D eigenvalue weighted by atomic mass is 10.0. The lowest BCUT2D eigenvalue weighted by Crippen LogP contribution is -2.47. The van der Waals surface area contributed by atoms with Gasteiger partial charge in [0.25, 0.3) is 5.91 Å².